The maximum Gasteiger partial charge on any atom is 0.305 e. The topological polar surface area (TPSA) is 68.2 Å². The Balaban J connectivity index is 0.00000387. The van der Waals surface area contributed by atoms with Crippen LogP contribution in [0.4, 0.5) is 0 Å². The molecule has 0 spiro atoms. The van der Waals surface area contributed by atoms with Gasteiger partial charge in [-0.3, -0.25) is 9.69 Å². The van der Waals surface area contributed by atoms with Crippen molar-refractivity contribution in [3.05, 3.63) is 83.4 Å². The van der Waals surface area contributed by atoms with Gasteiger partial charge in [0.1, 0.15) is 18.1 Å². The summed E-state index contributed by atoms with van der Waals surface area (Å²) in [6.07, 6.45) is 4.26. The third-order valence-electron chi connectivity index (χ3n) is 7.38. The Morgan fingerprint density at radius 1 is 0.976 bits per heavy atom. The highest BCUT2D eigenvalue weighted by Gasteiger charge is 2.17. The zero-order valence-corrected chi connectivity index (χ0v) is 23.9. The first kappa shape index (κ1) is 30.6. The van der Waals surface area contributed by atoms with E-state index in [1.54, 1.807) is 11.3 Å². The zero-order valence-electron chi connectivity index (χ0n) is 23.1. The van der Waals surface area contributed by atoms with Gasteiger partial charge in [0.15, 0.2) is 0 Å². The summed E-state index contributed by atoms with van der Waals surface area (Å²) in [6, 6.07) is 23.0. The number of fused-ring (bicyclic) bond motifs is 1. The predicted octanol–water partition coefficient (Wildman–Crippen LogP) is 7.09. The zero-order chi connectivity index (χ0) is 27.7. The lowest BCUT2D eigenvalue weighted by Crippen LogP contribution is -2.25. The van der Waals surface area contributed by atoms with Gasteiger partial charge in [-0.05, 0) is 97.2 Å². The lowest BCUT2D eigenvalue weighted by molar-refractivity contribution is -0.140. The molecule has 4 aromatic rings. The van der Waals surface area contributed by atoms with Crippen LogP contribution in [0.1, 0.15) is 49.8 Å². The number of hydrogen-bond donors (Lipinski definition) is 1. The molecule has 0 radical (unpaired) electrons. The fourth-order valence-corrected chi connectivity index (χ4v) is 6.42. The highest BCUT2D eigenvalue weighted by molar-refractivity contribution is 7.22. The molecule has 41 heavy (non-hydrogen) atoms. The standard InChI is InChI=1S/C33H37NO5S.CH4/c1-37-32(36)9-6-19-39-30-15-12-25(22-26(30)23-35)33-29(28-7-2-3-8-31(28)40-33)21-24-10-13-27(14-11-24)38-20-18-34-16-4-5-17-34;/h2-3,7-8,10-15,22,35H,4-6,9,16-21,23H2,1H3;1H4. The van der Waals surface area contributed by atoms with E-state index in [0.29, 0.717) is 25.2 Å². The van der Waals surface area contributed by atoms with Crippen LogP contribution >= 0.6 is 11.3 Å². The molecule has 0 atom stereocenters. The molecule has 0 saturated carbocycles. The van der Waals surface area contributed by atoms with Gasteiger partial charge in [0, 0.05) is 28.1 Å². The van der Waals surface area contributed by atoms with E-state index in [0.717, 1.165) is 36.4 Å². The van der Waals surface area contributed by atoms with E-state index in [4.69, 9.17) is 9.47 Å². The maximum atomic E-state index is 11.4. The van der Waals surface area contributed by atoms with E-state index in [9.17, 15) is 9.90 Å². The van der Waals surface area contributed by atoms with E-state index in [2.05, 4.69) is 64.2 Å². The molecular weight excluding hydrogens is 534 g/mol. The average molecular weight is 576 g/mol. The number of carbonyl (C=O) groups excluding carboxylic acids is 1. The molecule has 7 heteroatoms. The van der Waals surface area contributed by atoms with Crippen LogP contribution in [0.5, 0.6) is 11.5 Å². The minimum Gasteiger partial charge on any atom is -0.493 e. The number of hydrogen-bond acceptors (Lipinski definition) is 7. The second kappa shape index (κ2) is 15.0. The number of methoxy groups -OCH3 is 1. The molecule has 0 amide bonds. The number of rotatable bonds is 13. The largest absolute Gasteiger partial charge is 0.493 e. The Morgan fingerprint density at radius 3 is 2.51 bits per heavy atom. The molecule has 0 bridgehead atoms. The quantitative estimate of drug-likeness (QED) is 0.136. The minimum atomic E-state index is -0.252. The van der Waals surface area contributed by atoms with Crippen LogP contribution in [0.25, 0.3) is 20.5 Å². The Labute approximate surface area is 247 Å². The number of ether oxygens (including phenoxy) is 3. The number of likely N-dealkylation sites (tertiary alicyclic amines) is 1. The SMILES string of the molecule is C.COC(=O)CCCOc1ccc(-c2sc3ccccc3c2Cc2ccc(OCCN3CCCC3)cc2)cc1CO. The maximum absolute atomic E-state index is 11.4. The van der Waals surface area contributed by atoms with E-state index in [1.807, 2.05) is 12.1 Å². The molecule has 1 aliphatic heterocycles. The van der Waals surface area contributed by atoms with E-state index in [1.165, 1.54) is 59.1 Å². The molecule has 5 rings (SSSR count). The van der Waals surface area contributed by atoms with Crippen molar-refractivity contribution >= 4 is 27.4 Å². The molecule has 218 valence electrons. The second-order valence-corrected chi connectivity index (χ2v) is 11.2. The normalized spacial score (nSPS) is 13.2. The second-order valence-electron chi connectivity index (χ2n) is 10.1. The summed E-state index contributed by atoms with van der Waals surface area (Å²) in [4.78, 5) is 15.0. The molecule has 2 heterocycles. The summed E-state index contributed by atoms with van der Waals surface area (Å²) in [5.41, 5.74) is 4.29. The van der Waals surface area contributed by atoms with E-state index >= 15 is 0 Å². The van der Waals surface area contributed by atoms with Crippen LogP contribution in [-0.4, -0.2) is 55.9 Å². The van der Waals surface area contributed by atoms with Crippen molar-refractivity contribution in [2.45, 2.75) is 46.1 Å². The fourth-order valence-electron chi connectivity index (χ4n) is 5.20. The predicted molar refractivity (Wildman–Crippen MR) is 167 cm³/mol. The molecule has 0 unspecified atom stereocenters. The number of aliphatic hydroxyl groups is 1. The van der Waals surface area contributed by atoms with Crippen molar-refractivity contribution in [2.75, 3.05) is 40.0 Å². The monoisotopic (exact) mass is 575 g/mol. The number of esters is 1. The summed E-state index contributed by atoms with van der Waals surface area (Å²) in [6.45, 7) is 4.33. The smallest absolute Gasteiger partial charge is 0.305 e. The number of carbonyl (C=O) groups is 1. The van der Waals surface area contributed by atoms with Crippen molar-refractivity contribution in [3.8, 4) is 21.9 Å². The first-order valence-electron chi connectivity index (χ1n) is 14.0. The third-order valence-corrected chi connectivity index (χ3v) is 8.64. The molecule has 1 saturated heterocycles. The van der Waals surface area contributed by atoms with Crippen LogP contribution < -0.4 is 9.47 Å². The number of benzene rings is 3. The van der Waals surface area contributed by atoms with Crippen LogP contribution in [0, 0.1) is 0 Å². The highest BCUT2D eigenvalue weighted by atomic mass is 32.1. The van der Waals surface area contributed by atoms with Crippen molar-refractivity contribution < 1.29 is 24.1 Å². The van der Waals surface area contributed by atoms with Crippen molar-refractivity contribution in [1.82, 2.24) is 4.90 Å². The molecule has 6 nitrogen and oxygen atoms in total. The molecule has 3 aromatic carbocycles. The van der Waals surface area contributed by atoms with Gasteiger partial charge >= 0.3 is 5.97 Å². The van der Waals surface area contributed by atoms with Gasteiger partial charge in [-0.2, -0.15) is 0 Å². The van der Waals surface area contributed by atoms with Crippen molar-refractivity contribution in [2.24, 2.45) is 0 Å². The summed E-state index contributed by atoms with van der Waals surface area (Å²) in [5, 5.41) is 11.4. The van der Waals surface area contributed by atoms with Gasteiger partial charge < -0.3 is 19.3 Å². The molecule has 1 aliphatic rings. The molecule has 1 fully saturated rings. The highest BCUT2D eigenvalue weighted by Crippen LogP contribution is 2.41. The summed E-state index contributed by atoms with van der Waals surface area (Å²) in [5.74, 6) is 1.30. The number of nitrogens with zero attached hydrogens (tertiary/aromatic N) is 1. The molecule has 1 N–H and O–H groups in total. The minimum absolute atomic E-state index is 0. The third kappa shape index (κ3) is 7.88. The lowest BCUT2D eigenvalue weighted by atomic mass is 9.98. The van der Waals surface area contributed by atoms with Gasteiger partial charge in [0.2, 0.25) is 0 Å². The Morgan fingerprint density at radius 2 is 1.76 bits per heavy atom. The van der Waals surface area contributed by atoms with Crippen LogP contribution in [0.3, 0.4) is 0 Å². The van der Waals surface area contributed by atoms with E-state index < -0.39 is 0 Å². The van der Waals surface area contributed by atoms with Gasteiger partial charge in [0.25, 0.3) is 0 Å². The Kier molecular flexibility index (Phi) is 11.2. The van der Waals surface area contributed by atoms with E-state index in [-0.39, 0.29) is 20.0 Å². The number of thiophene rings is 1. The van der Waals surface area contributed by atoms with Gasteiger partial charge in [-0.15, -0.1) is 11.3 Å². The van der Waals surface area contributed by atoms with Crippen LogP contribution in [0.15, 0.2) is 66.7 Å². The fraction of sp³-hybridized carbons (Fsp3) is 0.382. The summed E-state index contributed by atoms with van der Waals surface area (Å²) < 4.78 is 17.8. The van der Waals surface area contributed by atoms with Gasteiger partial charge in [-0.1, -0.05) is 37.8 Å². The average Bonchev–Trinajstić information content (AvgIpc) is 3.64. The first-order chi connectivity index (χ1) is 19.6. The first-order valence-corrected chi connectivity index (χ1v) is 14.8. The summed E-state index contributed by atoms with van der Waals surface area (Å²) >= 11 is 1.77. The van der Waals surface area contributed by atoms with Gasteiger partial charge in [-0.25, -0.2) is 0 Å². The van der Waals surface area contributed by atoms with Crippen molar-refractivity contribution in [3.63, 3.8) is 0 Å². The molecule has 1 aromatic heterocycles. The molecule has 0 aliphatic carbocycles. The number of aliphatic hydroxyl groups excluding tert-OH is 1. The van der Waals surface area contributed by atoms with Crippen LogP contribution in [-0.2, 0) is 22.6 Å². The van der Waals surface area contributed by atoms with Gasteiger partial charge in [0.05, 0.1) is 20.3 Å². The van der Waals surface area contributed by atoms with Crippen LogP contribution in [0.2, 0.25) is 0 Å². The summed E-state index contributed by atoms with van der Waals surface area (Å²) in [7, 11) is 1.38. The lowest BCUT2D eigenvalue weighted by Gasteiger charge is -2.15. The van der Waals surface area contributed by atoms with Crippen molar-refractivity contribution in [1.29, 1.82) is 0 Å². The molecular formula is C34H41NO5S. The Hall–Kier alpha value is -3.39. The Bertz CT molecular complexity index is 1410.